The van der Waals surface area contributed by atoms with Crippen molar-refractivity contribution in [1.82, 2.24) is 0 Å². The summed E-state index contributed by atoms with van der Waals surface area (Å²) in [4.78, 5) is 0. The molecule has 2 N–H and O–H groups in total. The second-order valence-electron chi connectivity index (χ2n) is 4.26. The molecule has 11 heavy (non-hydrogen) atoms. The summed E-state index contributed by atoms with van der Waals surface area (Å²) in [5.74, 6) is 0.752. The van der Waals surface area contributed by atoms with Gasteiger partial charge in [-0.3, -0.25) is 0 Å². The van der Waals surface area contributed by atoms with Gasteiger partial charge in [-0.05, 0) is 24.2 Å². The highest BCUT2D eigenvalue weighted by Gasteiger charge is 2.44. The summed E-state index contributed by atoms with van der Waals surface area (Å²) >= 11 is 0. The van der Waals surface area contributed by atoms with Crippen LogP contribution in [0.4, 0.5) is 0 Å². The maximum absolute atomic E-state index is 6.18. The van der Waals surface area contributed by atoms with Crippen LogP contribution in [0.2, 0.25) is 0 Å². The highest BCUT2D eigenvalue weighted by molar-refractivity contribution is 4.99. The minimum Gasteiger partial charge on any atom is -0.327 e. The lowest BCUT2D eigenvalue weighted by atomic mass is 9.84. The zero-order valence-electron chi connectivity index (χ0n) is 8.06. The molecule has 1 saturated carbocycles. The van der Waals surface area contributed by atoms with E-state index in [1.807, 2.05) is 0 Å². The SMILES string of the molecule is CCC(CC)C(N)C1(C)CC1. The Morgan fingerprint density at radius 3 is 2.00 bits per heavy atom. The first kappa shape index (κ1) is 9.05. The summed E-state index contributed by atoms with van der Waals surface area (Å²) in [5, 5.41) is 0. The number of nitrogens with two attached hydrogens (primary N) is 1. The van der Waals surface area contributed by atoms with Crippen molar-refractivity contribution in [2.75, 3.05) is 0 Å². The molecule has 0 aromatic carbocycles. The molecule has 1 atom stereocenters. The quantitative estimate of drug-likeness (QED) is 0.663. The molecule has 1 aliphatic rings. The standard InChI is InChI=1S/C10H21N/c1-4-8(5-2)9(11)10(3)6-7-10/h8-9H,4-7,11H2,1-3H3. The molecule has 0 aromatic heterocycles. The van der Waals surface area contributed by atoms with Crippen molar-refractivity contribution in [3.05, 3.63) is 0 Å². The molecule has 0 aromatic rings. The summed E-state index contributed by atoms with van der Waals surface area (Å²) in [6.07, 6.45) is 5.19. The molecule has 0 saturated heterocycles. The zero-order valence-corrected chi connectivity index (χ0v) is 8.06. The second kappa shape index (κ2) is 3.14. The highest BCUT2D eigenvalue weighted by atomic mass is 14.7. The second-order valence-corrected chi connectivity index (χ2v) is 4.26. The highest BCUT2D eigenvalue weighted by Crippen LogP contribution is 2.50. The predicted octanol–water partition coefficient (Wildman–Crippen LogP) is 2.55. The lowest BCUT2D eigenvalue weighted by molar-refractivity contribution is 0.293. The van der Waals surface area contributed by atoms with Crippen molar-refractivity contribution in [3.8, 4) is 0 Å². The van der Waals surface area contributed by atoms with Crippen LogP contribution in [0.25, 0.3) is 0 Å². The molecule has 0 spiro atoms. The molecular weight excluding hydrogens is 134 g/mol. The van der Waals surface area contributed by atoms with Gasteiger partial charge in [-0.15, -0.1) is 0 Å². The molecule has 0 bridgehead atoms. The van der Waals surface area contributed by atoms with Crippen LogP contribution in [-0.4, -0.2) is 6.04 Å². The minimum absolute atomic E-state index is 0.456. The molecule has 1 heteroatoms. The van der Waals surface area contributed by atoms with Crippen molar-refractivity contribution >= 4 is 0 Å². The van der Waals surface area contributed by atoms with Crippen molar-refractivity contribution < 1.29 is 0 Å². The van der Waals surface area contributed by atoms with Crippen LogP contribution in [0.1, 0.15) is 46.5 Å². The van der Waals surface area contributed by atoms with E-state index in [1.54, 1.807) is 0 Å². The normalized spacial score (nSPS) is 23.7. The van der Waals surface area contributed by atoms with Gasteiger partial charge in [0.2, 0.25) is 0 Å². The minimum atomic E-state index is 0.456. The number of hydrogen-bond donors (Lipinski definition) is 1. The molecule has 1 fully saturated rings. The van der Waals surface area contributed by atoms with Gasteiger partial charge in [0.25, 0.3) is 0 Å². The maximum Gasteiger partial charge on any atom is 0.0121 e. The first-order valence-electron chi connectivity index (χ1n) is 4.89. The first-order valence-corrected chi connectivity index (χ1v) is 4.89. The molecule has 0 heterocycles. The fourth-order valence-corrected chi connectivity index (χ4v) is 1.90. The molecule has 1 rings (SSSR count). The van der Waals surface area contributed by atoms with E-state index >= 15 is 0 Å². The number of rotatable bonds is 4. The predicted molar refractivity (Wildman–Crippen MR) is 49.4 cm³/mol. The van der Waals surface area contributed by atoms with E-state index < -0.39 is 0 Å². The summed E-state index contributed by atoms with van der Waals surface area (Å²) in [5.41, 5.74) is 6.69. The molecule has 0 radical (unpaired) electrons. The van der Waals surface area contributed by atoms with Crippen molar-refractivity contribution in [1.29, 1.82) is 0 Å². The Balaban J connectivity index is 2.44. The van der Waals surface area contributed by atoms with Crippen molar-refractivity contribution in [3.63, 3.8) is 0 Å². The third-order valence-corrected chi connectivity index (χ3v) is 3.40. The van der Waals surface area contributed by atoms with Crippen LogP contribution >= 0.6 is 0 Å². The van der Waals surface area contributed by atoms with Gasteiger partial charge in [0, 0.05) is 6.04 Å². The summed E-state index contributed by atoms with van der Waals surface area (Å²) in [6.45, 7) is 6.83. The average Bonchev–Trinajstić information content (AvgIpc) is 2.72. The van der Waals surface area contributed by atoms with E-state index in [4.69, 9.17) is 5.73 Å². The molecule has 1 nitrogen and oxygen atoms in total. The Kier molecular flexibility index (Phi) is 2.58. The van der Waals surface area contributed by atoms with Gasteiger partial charge in [0.1, 0.15) is 0 Å². The smallest absolute Gasteiger partial charge is 0.0121 e. The summed E-state index contributed by atoms with van der Waals surface area (Å²) < 4.78 is 0. The summed E-state index contributed by atoms with van der Waals surface area (Å²) in [6, 6.07) is 0.456. The maximum atomic E-state index is 6.18. The molecule has 1 unspecified atom stereocenters. The molecular formula is C10H21N. The Hall–Kier alpha value is -0.0400. The Morgan fingerprint density at radius 2 is 1.73 bits per heavy atom. The van der Waals surface area contributed by atoms with Crippen LogP contribution in [0.5, 0.6) is 0 Å². The van der Waals surface area contributed by atoms with Crippen molar-refractivity contribution in [2.45, 2.75) is 52.5 Å². The van der Waals surface area contributed by atoms with E-state index in [9.17, 15) is 0 Å². The van der Waals surface area contributed by atoms with Crippen LogP contribution in [0.15, 0.2) is 0 Å². The van der Waals surface area contributed by atoms with Gasteiger partial charge in [-0.2, -0.15) is 0 Å². The molecule has 1 aliphatic carbocycles. The van der Waals surface area contributed by atoms with Crippen molar-refractivity contribution in [2.24, 2.45) is 17.1 Å². The van der Waals surface area contributed by atoms with Gasteiger partial charge >= 0.3 is 0 Å². The Labute approximate surface area is 70.4 Å². The fourth-order valence-electron chi connectivity index (χ4n) is 1.90. The fraction of sp³-hybridized carbons (Fsp3) is 1.00. The van der Waals surface area contributed by atoms with Gasteiger partial charge in [0.05, 0.1) is 0 Å². The van der Waals surface area contributed by atoms with Crippen LogP contribution in [-0.2, 0) is 0 Å². The number of hydrogen-bond acceptors (Lipinski definition) is 1. The molecule has 0 amide bonds. The summed E-state index contributed by atoms with van der Waals surface area (Å²) in [7, 11) is 0. The average molecular weight is 155 g/mol. The van der Waals surface area contributed by atoms with Crippen LogP contribution in [0.3, 0.4) is 0 Å². The first-order chi connectivity index (χ1) is 5.14. The van der Waals surface area contributed by atoms with E-state index in [1.165, 1.54) is 25.7 Å². The molecule has 66 valence electrons. The van der Waals surface area contributed by atoms with Crippen LogP contribution in [0, 0.1) is 11.3 Å². The third kappa shape index (κ3) is 1.76. The largest absolute Gasteiger partial charge is 0.327 e. The van der Waals surface area contributed by atoms with Gasteiger partial charge in [0.15, 0.2) is 0 Å². The van der Waals surface area contributed by atoms with E-state index in [2.05, 4.69) is 20.8 Å². The Morgan fingerprint density at radius 1 is 1.27 bits per heavy atom. The van der Waals surface area contributed by atoms with Gasteiger partial charge in [-0.1, -0.05) is 33.6 Å². The lowest BCUT2D eigenvalue weighted by Crippen LogP contribution is -2.37. The van der Waals surface area contributed by atoms with Gasteiger partial charge in [-0.25, -0.2) is 0 Å². The van der Waals surface area contributed by atoms with E-state index in [0.717, 1.165) is 5.92 Å². The van der Waals surface area contributed by atoms with E-state index in [-0.39, 0.29) is 0 Å². The topological polar surface area (TPSA) is 26.0 Å². The van der Waals surface area contributed by atoms with Gasteiger partial charge < -0.3 is 5.73 Å². The lowest BCUT2D eigenvalue weighted by Gasteiger charge is -2.26. The Bertz CT molecular complexity index is 123. The molecule has 0 aliphatic heterocycles. The monoisotopic (exact) mass is 155 g/mol. The third-order valence-electron chi connectivity index (χ3n) is 3.40. The zero-order chi connectivity index (χ0) is 8.48. The van der Waals surface area contributed by atoms with E-state index in [0.29, 0.717) is 11.5 Å². The van der Waals surface area contributed by atoms with Crippen LogP contribution < -0.4 is 5.73 Å².